The first-order chi connectivity index (χ1) is 13.4. The van der Waals surface area contributed by atoms with Gasteiger partial charge in [-0.2, -0.15) is 0 Å². The second-order valence-electron chi connectivity index (χ2n) is 6.68. The van der Waals surface area contributed by atoms with E-state index in [1.165, 1.54) is 24.3 Å². The fourth-order valence-electron chi connectivity index (χ4n) is 3.17. The number of esters is 1. The van der Waals surface area contributed by atoms with E-state index in [4.69, 9.17) is 4.74 Å². The van der Waals surface area contributed by atoms with Gasteiger partial charge in [0.25, 0.3) is 11.8 Å². The molecule has 0 bridgehead atoms. The van der Waals surface area contributed by atoms with Gasteiger partial charge in [-0.1, -0.05) is 44.5 Å². The number of carbonyl (C=O) groups is 3. The van der Waals surface area contributed by atoms with Gasteiger partial charge in [0.05, 0.1) is 11.1 Å². The first kappa shape index (κ1) is 19.7. The van der Waals surface area contributed by atoms with E-state index in [-0.39, 0.29) is 22.6 Å². The van der Waals surface area contributed by atoms with E-state index >= 15 is 0 Å². The summed E-state index contributed by atoms with van der Waals surface area (Å²) in [4.78, 5) is 39.1. The van der Waals surface area contributed by atoms with Crippen LogP contribution in [0.5, 0.6) is 0 Å². The molecular formula is C21H19F2NO4. The summed E-state index contributed by atoms with van der Waals surface area (Å²) in [6.45, 7) is 3.03. The van der Waals surface area contributed by atoms with Crippen molar-refractivity contribution in [3.8, 4) is 0 Å². The number of amides is 2. The Morgan fingerprint density at radius 3 is 2.21 bits per heavy atom. The van der Waals surface area contributed by atoms with Gasteiger partial charge in [0, 0.05) is 5.56 Å². The van der Waals surface area contributed by atoms with E-state index in [0.717, 1.165) is 11.0 Å². The summed E-state index contributed by atoms with van der Waals surface area (Å²) in [5, 5.41) is 0. The summed E-state index contributed by atoms with van der Waals surface area (Å²) < 4.78 is 32.3. The highest BCUT2D eigenvalue weighted by Crippen LogP contribution is 2.29. The maximum absolute atomic E-state index is 13.8. The largest absolute Gasteiger partial charge is 0.459 e. The number of ether oxygens (including phenoxy) is 1. The second kappa shape index (κ2) is 7.88. The lowest BCUT2D eigenvalue weighted by Gasteiger charge is -2.29. The zero-order valence-corrected chi connectivity index (χ0v) is 15.4. The Hall–Kier alpha value is -3.09. The van der Waals surface area contributed by atoms with Crippen molar-refractivity contribution in [1.82, 2.24) is 4.90 Å². The molecule has 2 aromatic rings. The third-order valence-electron chi connectivity index (χ3n) is 4.93. The number of carbonyl (C=O) groups excluding carboxylic acids is 3. The molecule has 0 saturated heterocycles. The van der Waals surface area contributed by atoms with Gasteiger partial charge in [-0.3, -0.25) is 14.5 Å². The highest BCUT2D eigenvalue weighted by atomic mass is 19.2. The first-order valence-electron chi connectivity index (χ1n) is 8.93. The topological polar surface area (TPSA) is 63.7 Å². The average molecular weight is 387 g/mol. The lowest BCUT2D eigenvalue weighted by molar-refractivity contribution is -0.151. The van der Waals surface area contributed by atoms with Crippen LogP contribution in [0.3, 0.4) is 0 Å². The Labute approximate surface area is 160 Å². The van der Waals surface area contributed by atoms with Crippen molar-refractivity contribution in [2.45, 2.75) is 32.9 Å². The van der Waals surface area contributed by atoms with Crippen LogP contribution in [-0.4, -0.2) is 28.7 Å². The van der Waals surface area contributed by atoms with Crippen molar-refractivity contribution in [3.63, 3.8) is 0 Å². The van der Waals surface area contributed by atoms with Gasteiger partial charge >= 0.3 is 5.97 Å². The summed E-state index contributed by atoms with van der Waals surface area (Å²) in [6, 6.07) is 8.72. The van der Waals surface area contributed by atoms with Crippen molar-refractivity contribution >= 4 is 17.8 Å². The normalized spacial score (nSPS) is 15.4. The zero-order chi connectivity index (χ0) is 20.4. The van der Waals surface area contributed by atoms with Gasteiger partial charge in [0.2, 0.25) is 0 Å². The predicted octanol–water partition coefficient (Wildman–Crippen LogP) is 3.72. The quantitative estimate of drug-likeness (QED) is 0.560. The molecule has 2 atom stereocenters. The van der Waals surface area contributed by atoms with E-state index in [9.17, 15) is 23.2 Å². The minimum absolute atomic E-state index is 0.126. The van der Waals surface area contributed by atoms with Crippen LogP contribution in [-0.2, 0) is 16.1 Å². The summed E-state index contributed by atoms with van der Waals surface area (Å²) in [7, 11) is 0. The first-order valence-corrected chi connectivity index (χ1v) is 8.93. The Kier molecular flexibility index (Phi) is 5.53. The SMILES string of the molecule is CC[C@H](C)[C@@H](C(=O)OCc1cccc(F)c1F)N1C(=O)c2ccccc2C1=O. The van der Waals surface area contributed by atoms with Crippen molar-refractivity contribution in [3.05, 3.63) is 70.8 Å². The lowest BCUT2D eigenvalue weighted by atomic mass is 9.97. The summed E-state index contributed by atoms with van der Waals surface area (Å²) >= 11 is 0. The molecule has 5 nitrogen and oxygen atoms in total. The lowest BCUT2D eigenvalue weighted by Crippen LogP contribution is -2.49. The van der Waals surface area contributed by atoms with E-state index < -0.39 is 42.1 Å². The van der Waals surface area contributed by atoms with Crippen LogP contribution in [0.25, 0.3) is 0 Å². The van der Waals surface area contributed by atoms with E-state index in [1.807, 2.05) is 6.92 Å². The Bertz CT molecular complexity index is 909. The molecule has 0 radical (unpaired) electrons. The molecule has 0 aliphatic carbocycles. The molecule has 0 aromatic heterocycles. The molecule has 7 heteroatoms. The number of nitrogens with zero attached hydrogens (tertiary/aromatic N) is 1. The van der Waals surface area contributed by atoms with Crippen molar-refractivity contribution in [2.75, 3.05) is 0 Å². The second-order valence-corrected chi connectivity index (χ2v) is 6.68. The maximum Gasteiger partial charge on any atom is 0.329 e. The molecule has 2 aromatic carbocycles. The molecule has 0 fully saturated rings. The smallest absolute Gasteiger partial charge is 0.329 e. The van der Waals surface area contributed by atoms with E-state index in [1.54, 1.807) is 19.1 Å². The molecule has 0 spiro atoms. The summed E-state index contributed by atoms with van der Waals surface area (Å²) in [5.74, 6) is -4.51. The average Bonchev–Trinajstić information content (AvgIpc) is 2.94. The van der Waals surface area contributed by atoms with Gasteiger partial charge in [0.15, 0.2) is 11.6 Å². The molecule has 3 rings (SSSR count). The Morgan fingerprint density at radius 1 is 1.04 bits per heavy atom. The van der Waals surface area contributed by atoms with Crippen molar-refractivity contribution in [2.24, 2.45) is 5.92 Å². The molecule has 1 heterocycles. The molecule has 1 aliphatic heterocycles. The van der Waals surface area contributed by atoms with Crippen molar-refractivity contribution in [1.29, 1.82) is 0 Å². The zero-order valence-electron chi connectivity index (χ0n) is 15.4. The third-order valence-corrected chi connectivity index (χ3v) is 4.93. The number of fused-ring (bicyclic) bond motifs is 1. The monoisotopic (exact) mass is 387 g/mol. The molecule has 0 unspecified atom stereocenters. The third kappa shape index (κ3) is 3.40. The van der Waals surface area contributed by atoms with Crippen molar-refractivity contribution < 1.29 is 27.9 Å². The number of hydrogen-bond acceptors (Lipinski definition) is 4. The molecule has 0 saturated carbocycles. The fourth-order valence-corrected chi connectivity index (χ4v) is 3.17. The van der Waals surface area contributed by atoms with Crippen LogP contribution in [0.2, 0.25) is 0 Å². The van der Waals surface area contributed by atoms with Gasteiger partial charge in [-0.25, -0.2) is 13.6 Å². The minimum atomic E-state index is -1.16. The highest BCUT2D eigenvalue weighted by Gasteiger charge is 2.45. The predicted molar refractivity (Wildman–Crippen MR) is 96.3 cm³/mol. The molecule has 28 heavy (non-hydrogen) atoms. The van der Waals surface area contributed by atoms with Gasteiger partial charge < -0.3 is 4.74 Å². The standard InChI is InChI=1S/C21H19F2NO4/c1-3-12(2)18(21(27)28-11-13-7-6-10-16(22)17(13)23)24-19(25)14-8-4-5-9-15(14)20(24)26/h4-10,12,18H,3,11H2,1-2H3/t12-,18-/m0/s1. The van der Waals surface area contributed by atoms with E-state index in [0.29, 0.717) is 6.42 Å². The maximum atomic E-state index is 13.8. The fraction of sp³-hybridized carbons (Fsp3) is 0.286. The molecule has 146 valence electrons. The Morgan fingerprint density at radius 2 is 1.64 bits per heavy atom. The number of rotatable bonds is 6. The van der Waals surface area contributed by atoms with Crippen LogP contribution in [0.1, 0.15) is 46.5 Å². The van der Waals surface area contributed by atoms with E-state index in [2.05, 4.69) is 0 Å². The highest BCUT2D eigenvalue weighted by molar-refractivity contribution is 6.22. The number of halogens is 2. The van der Waals surface area contributed by atoms with Crippen LogP contribution in [0.4, 0.5) is 8.78 Å². The van der Waals surface area contributed by atoms with Crippen LogP contribution >= 0.6 is 0 Å². The summed E-state index contributed by atoms with van der Waals surface area (Å²) in [6.07, 6.45) is 0.501. The number of hydrogen-bond donors (Lipinski definition) is 0. The molecule has 0 N–H and O–H groups in total. The van der Waals surface area contributed by atoms with Crippen LogP contribution < -0.4 is 0 Å². The number of benzene rings is 2. The molecule has 1 aliphatic rings. The molecular weight excluding hydrogens is 368 g/mol. The van der Waals surface area contributed by atoms with Gasteiger partial charge in [-0.05, 0) is 24.1 Å². The van der Waals surface area contributed by atoms with Crippen LogP contribution in [0, 0.1) is 17.6 Å². The Balaban J connectivity index is 1.85. The number of imide groups is 1. The van der Waals surface area contributed by atoms with Gasteiger partial charge in [-0.15, -0.1) is 0 Å². The van der Waals surface area contributed by atoms with Gasteiger partial charge in [0.1, 0.15) is 12.6 Å². The minimum Gasteiger partial charge on any atom is -0.459 e. The van der Waals surface area contributed by atoms with Crippen LogP contribution in [0.15, 0.2) is 42.5 Å². The molecule has 2 amide bonds. The summed E-state index contributed by atoms with van der Waals surface area (Å²) in [5.41, 5.74) is 0.327.